The quantitative estimate of drug-likeness (QED) is 0.732. The number of methoxy groups -OCH3 is 1. The Morgan fingerprint density at radius 3 is 2.17 bits per heavy atom. The van der Waals surface area contributed by atoms with Crippen LogP contribution in [0.4, 0.5) is 0 Å². The Bertz CT molecular complexity index is 781. The van der Waals surface area contributed by atoms with E-state index in [9.17, 15) is 5.11 Å². The van der Waals surface area contributed by atoms with Crippen LogP contribution in [0.3, 0.4) is 0 Å². The average molecular weight is 319 g/mol. The molecular weight excluding hydrogens is 302 g/mol. The summed E-state index contributed by atoms with van der Waals surface area (Å²) in [5.41, 5.74) is 2.15. The smallest absolute Gasteiger partial charge is 0.166 e. The molecule has 0 saturated carbocycles. The fourth-order valence-electron chi connectivity index (χ4n) is 2.34. The first-order valence-corrected chi connectivity index (χ1v) is 7.50. The second kappa shape index (κ2) is 7.37. The highest BCUT2D eigenvalue weighted by Gasteiger charge is 2.15. The summed E-state index contributed by atoms with van der Waals surface area (Å²) in [6.45, 7) is 0. The van der Waals surface area contributed by atoms with Crippen LogP contribution in [-0.2, 0) is 0 Å². The van der Waals surface area contributed by atoms with Gasteiger partial charge < -0.3 is 9.84 Å². The first-order chi connectivity index (χ1) is 11.8. The summed E-state index contributed by atoms with van der Waals surface area (Å²) in [6, 6.07) is 16.3. The van der Waals surface area contributed by atoms with E-state index >= 15 is 0 Å². The summed E-state index contributed by atoms with van der Waals surface area (Å²) in [5.74, 6) is 0.468. The number of rotatable bonds is 5. The summed E-state index contributed by atoms with van der Waals surface area (Å²) in [6.07, 6.45) is 5.07. The van der Waals surface area contributed by atoms with Crippen LogP contribution in [0.25, 0.3) is 0 Å². The van der Waals surface area contributed by atoms with E-state index in [1.807, 2.05) is 36.4 Å². The number of nitrogens with zero attached hydrogens (tertiary/aromatic N) is 3. The van der Waals surface area contributed by atoms with Crippen molar-refractivity contribution in [2.45, 2.75) is 6.04 Å². The molecule has 0 amide bonds. The minimum absolute atomic E-state index is 0.0598. The lowest BCUT2D eigenvalue weighted by Gasteiger charge is -2.11. The fourth-order valence-corrected chi connectivity index (χ4v) is 2.34. The minimum atomic E-state index is -0.349. The lowest BCUT2D eigenvalue weighted by Crippen LogP contribution is -2.03. The number of hydrogen-bond acceptors (Lipinski definition) is 5. The van der Waals surface area contributed by atoms with Crippen molar-refractivity contribution in [2.75, 3.05) is 7.11 Å². The number of benzene rings is 1. The number of phenolic OH excluding ortho intramolecular Hbond substituents is 1. The molecule has 0 fully saturated rings. The number of pyridine rings is 2. The predicted octanol–water partition coefficient (Wildman–Crippen LogP) is 3.40. The van der Waals surface area contributed by atoms with Crippen molar-refractivity contribution in [3.8, 4) is 11.5 Å². The van der Waals surface area contributed by atoms with E-state index in [-0.39, 0.29) is 11.8 Å². The lowest BCUT2D eigenvalue weighted by molar-refractivity contribution is 0.373. The number of hydrogen-bond donors (Lipinski definition) is 1. The maximum atomic E-state index is 10.2. The molecule has 120 valence electrons. The number of phenols is 1. The van der Waals surface area contributed by atoms with E-state index in [4.69, 9.17) is 4.74 Å². The highest BCUT2D eigenvalue weighted by molar-refractivity contribution is 5.85. The Morgan fingerprint density at radius 2 is 1.62 bits per heavy atom. The first kappa shape index (κ1) is 15.7. The van der Waals surface area contributed by atoms with Gasteiger partial charge in [-0.2, -0.15) is 0 Å². The highest BCUT2D eigenvalue weighted by Crippen LogP contribution is 2.29. The van der Waals surface area contributed by atoms with Gasteiger partial charge in [-0.05, 0) is 36.4 Å². The fraction of sp³-hybridized carbons (Fsp3) is 0.105. The summed E-state index contributed by atoms with van der Waals surface area (Å²) in [4.78, 5) is 13.4. The minimum Gasteiger partial charge on any atom is -0.504 e. The molecule has 0 bridgehead atoms. The van der Waals surface area contributed by atoms with E-state index < -0.39 is 0 Å². The van der Waals surface area contributed by atoms with E-state index in [1.54, 1.807) is 36.8 Å². The Kier molecular flexibility index (Phi) is 4.81. The summed E-state index contributed by atoms with van der Waals surface area (Å²) in [5, 5.41) is 10.2. The topological polar surface area (TPSA) is 67.6 Å². The molecule has 2 aromatic heterocycles. The lowest BCUT2D eigenvalue weighted by atomic mass is 10.1. The van der Waals surface area contributed by atoms with E-state index in [2.05, 4.69) is 15.0 Å². The molecule has 3 rings (SSSR count). The highest BCUT2D eigenvalue weighted by atomic mass is 16.5. The van der Waals surface area contributed by atoms with Crippen molar-refractivity contribution < 1.29 is 9.84 Å². The van der Waals surface area contributed by atoms with Gasteiger partial charge in [0, 0.05) is 24.2 Å². The molecule has 0 aliphatic carbocycles. The maximum absolute atomic E-state index is 10.2. The molecule has 5 nitrogen and oxygen atoms in total. The van der Waals surface area contributed by atoms with Crippen LogP contribution < -0.4 is 4.74 Å². The van der Waals surface area contributed by atoms with Gasteiger partial charge >= 0.3 is 0 Å². The second-order valence-corrected chi connectivity index (χ2v) is 5.09. The Morgan fingerprint density at radius 1 is 0.958 bits per heavy atom. The molecular formula is C19H17N3O2. The zero-order chi connectivity index (χ0) is 16.8. The molecule has 0 saturated heterocycles. The molecule has 1 N–H and O–H groups in total. The van der Waals surface area contributed by atoms with Crippen LogP contribution >= 0.6 is 0 Å². The standard InChI is InChI=1S/C19H17N3O2/c1-24-17-10-6-7-14(19(17)23)13-22-18(15-8-2-4-11-20-15)16-9-3-5-12-21-16/h2-13,18,23H,1H3. The molecule has 0 aliphatic heterocycles. The van der Waals surface area contributed by atoms with Crippen molar-refractivity contribution >= 4 is 6.21 Å². The number of ether oxygens (including phenoxy) is 1. The van der Waals surface area contributed by atoms with E-state index in [1.165, 1.54) is 7.11 Å². The summed E-state index contributed by atoms with van der Waals surface area (Å²) in [7, 11) is 1.51. The van der Waals surface area contributed by atoms with Crippen molar-refractivity contribution in [2.24, 2.45) is 4.99 Å². The molecule has 24 heavy (non-hydrogen) atoms. The molecule has 0 spiro atoms. The third-order valence-electron chi connectivity index (χ3n) is 3.55. The first-order valence-electron chi connectivity index (χ1n) is 7.50. The monoisotopic (exact) mass is 319 g/mol. The van der Waals surface area contributed by atoms with Crippen molar-refractivity contribution in [3.63, 3.8) is 0 Å². The molecule has 2 heterocycles. The normalized spacial score (nSPS) is 11.1. The predicted molar refractivity (Wildman–Crippen MR) is 92.6 cm³/mol. The zero-order valence-electron chi connectivity index (χ0n) is 13.2. The largest absolute Gasteiger partial charge is 0.504 e. The number of para-hydroxylation sites is 1. The third kappa shape index (κ3) is 3.41. The van der Waals surface area contributed by atoms with Crippen LogP contribution in [0.2, 0.25) is 0 Å². The molecule has 1 aromatic carbocycles. The Hall–Kier alpha value is -3.21. The molecule has 5 heteroatoms. The summed E-state index contributed by atoms with van der Waals surface area (Å²) < 4.78 is 5.13. The number of aromatic nitrogens is 2. The molecule has 0 radical (unpaired) electrons. The van der Waals surface area contributed by atoms with Gasteiger partial charge in [0.2, 0.25) is 0 Å². The number of aliphatic imine (C=N–C) groups is 1. The van der Waals surface area contributed by atoms with Crippen LogP contribution in [-0.4, -0.2) is 28.4 Å². The summed E-state index contributed by atoms with van der Waals surface area (Å²) >= 11 is 0. The Balaban J connectivity index is 1.99. The zero-order valence-corrected chi connectivity index (χ0v) is 13.2. The number of aromatic hydroxyl groups is 1. The third-order valence-corrected chi connectivity index (χ3v) is 3.55. The molecule has 0 atom stereocenters. The van der Waals surface area contributed by atoms with Gasteiger partial charge in [0.15, 0.2) is 11.5 Å². The molecule has 0 unspecified atom stereocenters. The SMILES string of the molecule is COc1cccc(C=NC(c2ccccn2)c2ccccn2)c1O. The van der Waals surface area contributed by atoms with Crippen molar-refractivity contribution in [3.05, 3.63) is 83.9 Å². The van der Waals surface area contributed by atoms with Gasteiger partial charge in [-0.3, -0.25) is 15.0 Å². The van der Waals surface area contributed by atoms with Gasteiger partial charge in [-0.25, -0.2) is 0 Å². The van der Waals surface area contributed by atoms with E-state index in [0.717, 1.165) is 11.4 Å². The molecule has 0 aliphatic rings. The Labute approximate surface area is 140 Å². The van der Waals surface area contributed by atoms with E-state index in [0.29, 0.717) is 11.3 Å². The van der Waals surface area contributed by atoms with Crippen LogP contribution in [0.1, 0.15) is 23.0 Å². The van der Waals surface area contributed by atoms with Gasteiger partial charge in [0.05, 0.1) is 18.5 Å². The van der Waals surface area contributed by atoms with Crippen LogP contribution in [0.15, 0.2) is 72.0 Å². The van der Waals surface area contributed by atoms with Gasteiger partial charge in [0.1, 0.15) is 6.04 Å². The maximum Gasteiger partial charge on any atom is 0.166 e. The van der Waals surface area contributed by atoms with Gasteiger partial charge in [-0.1, -0.05) is 18.2 Å². The van der Waals surface area contributed by atoms with Gasteiger partial charge in [-0.15, -0.1) is 0 Å². The van der Waals surface area contributed by atoms with Crippen LogP contribution in [0.5, 0.6) is 11.5 Å². The van der Waals surface area contributed by atoms with Crippen LogP contribution in [0, 0.1) is 0 Å². The average Bonchev–Trinajstić information content (AvgIpc) is 2.65. The van der Waals surface area contributed by atoms with Crippen molar-refractivity contribution in [1.29, 1.82) is 0 Å². The van der Waals surface area contributed by atoms with Gasteiger partial charge in [0.25, 0.3) is 0 Å². The van der Waals surface area contributed by atoms with Crippen molar-refractivity contribution in [1.82, 2.24) is 9.97 Å². The molecule has 3 aromatic rings. The second-order valence-electron chi connectivity index (χ2n) is 5.09.